The third-order valence-electron chi connectivity index (χ3n) is 5.61. The van der Waals surface area contributed by atoms with Gasteiger partial charge in [-0.1, -0.05) is 30.3 Å². The van der Waals surface area contributed by atoms with Crippen molar-refractivity contribution >= 4 is 21.6 Å². The van der Waals surface area contributed by atoms with Gasteiger partial charge in [-0.2, -0.15) is 0 Å². The first-order valence-corrected chi connectivity index (χ1v) is 11.7. The fourth-order valence-electron chi connectivity index (χ4n) is 3.92. The molecule has 3 rings (SSSR count). The Morgan fingerprint density at radius 3 is 2.30 bits per heavy atom. The summed E-state index contributed by atoms with van der Waals surface area (Å²) in [7, 11) is -3.76. The van der Waals surface area contributed by atoms with Gasteiger partial charge in [0.15, 0.2) is 0 Å². The van der Waals surface area contributed by atoms with E-state index in [-0.39, 0.29) is 11.1 Å². The minimum absolute atomic E-state index is 0.241. The maximum absolute atomic E-state index is 13.3. The molecule has 1 aliphatic rings. The third-order valence-corrected chi connectivity index (χ3v) is 6.85. The molecule has 2 aromatic rings. The summed E-state index contributed by atoms with van der Waals surface area (Å²) in [5.74, 6) is -0.889. The van der Waals surface area contributed by atoms with Crippen LogP contribution in [0, 0.1) is 5.82 Å². The van der Waals surface area contributed by atoms with E-state index in [2.05, 4.69) is 5.32 Å². The van der Waals surface area contributed by atoms with Crippen LogP contribution in [0.3, 0.4) is 0 Å². The van der Waals surface area contributed by atoms with E-state index in [1.807, 2.05) is 30.3 Å². The molecule has 0 saturated carbocycles. The Bertz CT molecular complexity index is 958. The van der Waals surface area contributed by atoms with Gasteiger partial charge in [-0.3, -0.25) is 9.10 Å². The highest BCUT2D eigenvalue weighted by molar-refractivity contribution is 7.92. The van der Waals surface area contributed by atoms with E-state index < -0.39 is 27.8 Å². The molecule has 1 saturated heterocycles. The number of benzene rings is 2. The molecule has 1 N–H and O–H groups in total. The van der Waals surface area contributed by atoms with E-state index in [4.69, 9.17) is 4.74 Å². The van der Waals surface area contributed by atoms with Crippen molar-refractivity contribution in [1.29, 1.82) is 0 Å². The van der Waals surface area contributed by atoms with Gasteiger partial charge in [-0.05, 0) is 49.6 Å². The fourth-order valence-corrected chi connectivity index (χ4v) is 5.10. The zero-order valence-electron chi connectivity index (χ0n) is 17.2. The first-order valence-electron chi connectivity index (χ1n) is 9.89. The van der Waals surface area contributed by atoms with Crippen molar-refractivity contribution in [2.24, 2.45) is 0 Å². The molecule has 0 aliphatic carbocycles. The zero-order chi connectivity index (χ0) is 21.8. The highest BCUT2D eigenvalue weighted by atomic mass is 32.2. The summed E-state index contributed by atoms with van der Waals surface area (Å²) in [5, 5.41) is 2.95. The van der Waals surface area contributed by atoms with Gasteiger partial charge >= 0.3 is 0 Å². The van der Waals surface area contributed by atoms with Gasteiger partial charge in [0.1, 0.15) is 11.9 Å². The van der Waals surface area contributed by atoms with Crippen LogP contribution in [0.25, 0.3) is 0 Å². The first kappa shape index (κ1) is 22.2. The van der Waals surface area contributed by atoms with Gasteiger partial charge in [-0.15, -0.1) is 0 Å². The summed E-state index contributed by atoms with van der Waals surface area (Å²) in [6.45, 7) is 3.11. The molecule has 1 amide bonds. The van der Waals surface area contributed by atoms with Crippen molar-refractivity contribution in [1.82, 2.24) is 5.32 Å². The molecule has 162 valence electrons. The predicted octanol–water partition coefficient (Wildman–Crippen LogP) is 2.84. The molecule has 0 aromatic heterocycles. The molecule has 0 bridgehead atoms. The van der Waals surface area contributed by atoms with E-state index in [0.717, 1.165) is 29.0 Å². The summed E-state index contributed by atoms with van der Waals surface area (Å²) in [6, 6.07) is 14.0. The largest absolute Gasteiger partial charge is 0.381 e. The van der Waals surface area contributed by atoms with E-state index in [9.17, 15) is 17.6 Å². The Hall–Kier alpha value is -2.45. The van der Waals surface area contributed by atoms with Crippen molar-refractivity contribution in [3.63, 3.8) is 0 Å². The third kappa shape index (κ3) is 4.99. The number of nitrogens with zero attached hydrogens (tertiary/aromatic N) is 1. The lowest BCUT2D eigenvalue weighted by Crippen LogP contribution is -2.51. The van der Waals surface area contributed by atoms with Crippen molar-refractivity contribution in [2.75, 3.05) is 30.3 Å². The van der Waals surface area contributed by atoms with Crippen LogP contribution in [0.15, 0.2) is 54.6 Å². The lowest BCUT2D eigenvalue weighted by molar-refractivity contribution is -0.122. The second-order valence-corrected chi connectivity index (χ2v) is 9.55. The second-order valence-electron chi connectivity index (χ2n) is 7.69. The van der Waals surface area contributed by atoms with E-state index >= 15 is 0 Å². The lowest BCUT2D eigenvalue weighted by Gasteiger charge is -2.38. The molecular weight excluding hydrogens is 407 g/mol. The van der Waals surface area contributed by atoms with E-state index in [0.29, 0.717) is 19.8 Å². The Balaban J connectivity index is 1.79. The van der Waals surface area contributed by atoms with Gasteiger partial charge in [0.2, 0.25) is 15.9 Å². The molecule has 30 heavy (non-hydrogen) atoms. The molecule has 1 atom stereocenters. The van der Waals surface area contributed by atoms with Crippen LogP contribution in [0.2, 0.25) is 0 Å². The summed E-state index contributed by atoms with van der Waals surface area (Å²) in [5.41, 5.74) is 1.10. The van der Waals surface area contributed by atoms with Crippen LogP contribution in [0.5, 0.6) is 0 Å². The molecule has 1 heterocycles. The van der Waals surface area contributed by atoms with Gasteiger partial charge in [0.05, 0.1) is 11.9 Å². The fraction of sp³-hybridized carbons (Fsp3) is 0.409. The molecule has 8 heteroatoms. The number of nitrogens with one attached hydrogen (secondary N) is 1. The number of ether oxygens (including phenoxy) is 1. The summed E-state index contributed by atoms with van der Waals surface area (Å²) in [4.78, 5) is 13.0. The maximum atomic E-state index is 13.3. The quantitative estimate of drug-likeness (QED) is 0.727. The lowest BCUT2D eigenvalue weighted by atomic mass is 9.74. The van der Waals surface area contributed by atoms with Crippen LogP contribution < -0.4 is 9.62 Å². The number of halogens is 1. The number of carbonyl (C=O) groups excluding carboxylic acids is 1. The number of rotatable bonds is 7. The zero-order valence-corrected chi connectivity index (χ0v) is 18.0. The van der Waals surface area contributed by atoms with E-state index in [1.165, 1.54) is 31.2 Å². The minimum Gasteiger partial charge on any atom is -0.381 e. The Kier molecular flexibility index (Phi) is 6.77. The number of anilines is 1. The molecule has 0 spiro atoms. The van der Waals surface area contributed by atoms with Gasteiger partial charge in [0.25, 0.3) is 0 Å². The molecule has 0 unspecified atom stereocenters. The first-order chi connectivity index (χ1) is 14.2. The predicted molar refractivity (Wildman–Crippen MR) is 114 cm³/mol. The molecule has 2 aromatic carbocycles. The molecular formula is C22H27FN2O4S. The average Bonchev–Trinajstić information content (AvgIpc) is 2.74. The monoisotopic (exact) mass is 434 g/mol. The molecule has 0 radical (unpaired) electrons. The maximum Gasteiger partial charge on any atom is 0.243 e. The normalized spacial score (nSPS) is 17.2. The molecule has 1 fully saturated rings. The van der Waals surface area contributed by atoms with Crippen LogP contribution in [0.4, 0.5) is 10.1 Å². The second kappa shape index (κ2) is 9.14. The number of amides is 1. The SMILES string of the molecule is C[C@H](C(=O)NCC1(c2ccccc2)CCOCC1)N(c1ccc(F)cc1)S(C)(=O)=O. The van der Waals surface area contributed by atoms with Crippen molar-refractivity contribution in [3.05, 3.63) is 66.0 Å². The average molecular weight is 435 g/mol. The van der Waals surface area contributed by atoms with E-state index in [1.54, 1.807) is 0 Å². The number of hydrogen-bond acceptors (Lipinski definition) is 4. The standard InChI is InChI=1S/C22H27FN2O4S/c1-17(25(30(2,27)28)20-10-8-19(23)9-11-20)21(26)24-16-22(12-14-29-15-13-22)18-6-4-3-5-7-18/h3-11,17H,12-16H2,1-2H3,(H,24,26)/t17-/m1/s1. The van der Waals surface area contributed by atoms with Gasteiger partial charge in [-0.25, -0.2) is 12.8 Å². The summed E-state index contributed by atoms with van der Waals surface area (Å²) in [6.07, 6.45) is 2.56. The van der Waals surface area contributed by atoms with Crippen molar-refractivity contribution < 1.29 is 22.3 Å². The number of sulfonamides is 1. The smallest absolute Gasteiger partial charge is 0.243 e. The Morgan fingerprint density at radius 2 is 1.73 bits per heavy atom. The highest BCUT2D eigenvalue weighted by Crippen LogP contribution is 2.34. The van der Waals surface area contributed by atoms with Gasteiger partial charge in [0, 0.05) is 25.2 Å². The van der Waals surface area contributed by atoms with Crippen molar-refractivity contribution in [2.45, 2.75) is 31.2 Å². The van der Waals surface area contributed by atoms with Gasteiger partial charge < -0.3 is 10.1 Å². The topological polar surface area (TPSA) is 75.7 Å². The minimum atomic E-state index is -3.76. The summed E-state index contributed by atoms with van der Waals surface area (Å²) >= 11 is 0. The van der Waals surface area contributed by atoms with Crippen LogP contribution in [-0.4, -0.2) is 46.4 Å². The van der Waals surface area contributed by atoms with Crippen molar-refractivity contribution in [3.8, 4) is 0 Å². The van der Waals surface area contributed by atoms with Crippen LogP contribution in [0.1, 0.15) is 25.3 Å². The molecule has 1 aliphatic heterocycles. The Labute approximate surface area is 177 Å². The summed E-state index contributed by atoms with van der Waals surface area (Å²) < 4.78 is 44.6. The highest BCUT2D eigenvalue weighted by Gasteiger charge is 2.36. The number of hydrogen-bond donors (Lipinski definition) is 1. The van der Waals surface area contributed by atoms with Crippen LogP contribution in [-0.2, 0) is 25.0 Å². The molecule has 6 nitrogen and oxygen atoms in total. The number of carbonyl (C=O) groups is 1. The Morgan fingerprint density at radius 1 is 1.13 bits per heavy atom. The van der Waals surface area contributed by atoms with Crippen LogP contribution >= 0.6 is 0 Å².